The summed E-state index contributed by atoms with van der Waals surface area (Å²) in [5.41, 5.74) is 2.84. The normalized spacial score (nSPS) is 9.91. The summed E-state index contributed by atoms with van der Waals surface area (Å²) in [5.74, 6) is 4.84. The Kier molecular flexibility index (Phi) is 2.14. The highest BCUT2D eigenvalue weighted by molar-refractivity contribution is 5.20. The Hall–Kier alpha value is -1.47. The van der Waals surface area contributed by atoms with Crippen LogP contribution in [0.5, 0.6) is 0 Å². The lowest BCUT2D eigenvalue weighted by molar-refractivity contribution is -0.389. The van der Waals surface area contributed by atoms with Gasteiger partial charge in [0.15, 0.2) is 0 Å². The van der Waals surface area contributed by atoms with Crippen LogP contribution in [0.15, 0.2) is 6.07 Å². The fourth-order valence-corrected chi connectivity index (χ4v) is 0.640. The van der Waals surface area contributed by atoms with E-state index in [2.05, 4.69) is 15.6 Å². The molecule has 0 unspecified atom stereocenters. The molecule has 11 heavy (non-hydrogen) atoms. The number of hydrogen-bond donors (Lipinski definition) is 3. The summed E-state index contributed by atoms with van der Waals surface area (Å²) < 4.78 is 0. The van der Waals surface area contributed by atoms with Crippen molar-refractivity contribution >= 4 is 5.82 Å². The Bertz CT molecular complexity index is 257. The lowest BCUT2D eigenvalue weighted by Gasteiger charge is -1.87. The Morgan fingerprint density at radius 1 is 1.91 bits per heavy atom. The van der Waals surface area contributed by atoms with E-state index < -0.39 is 4.92 Å². The predicted octanol–water partition coefficient (Wildman–Crippen LogP) is -0.719. The van der Waals surface area contributed by atoms with Crippen LogP contribution in [0.2, 0.25) is 0 Å². The molecule has 1 heterocycles. The maximum atomic E-state index is 10.1. The first kappa shape index (κ1) is 7.63. The molecule has 0 aliphatic rings. The molecule has 0 aliphatic carbocycles. The van der Waals surface area contributed by atoms with Crippen LogP contribution in [0.25, 0.3) is 0 Å². The summed E-state index contributed by atoms with van der Waals surface area (Å²) in [4.78, 5) is 9.55. The average Bonchev–Trinajstić information content (AvgIpc) is 2.37. The topological polar surface area (TPSA) is 110 Å². The molecule has 0 saturated carbocycles. The Morgan fingerprint density at radius 3 is 3.09 bits per heavy atom. The zero-order valence-corrected chi connectivity index (χ0v) is 5.57. The number of aromatic amines is 1. The molecule has 0 radical (unpaired) electrons. The van der Waals surface area contributed by atoms with E-state index >= 15 is 0 Å². The van der Waals surface area contributed by atoms with E-state index in [0.29, 0.717) is 12.2 Å². The molecule has 0 amide bonds. The summed E-state index contributed by atoms with van der Waals surface area (Å²) in [6, 6.07) is 1.32. The van der Waals surface area contributed by atoms with Crippen LogP contribution in [0.1, 0.15) is 5.69 Å². The third-order valence-corrected chi connectivity index (χ3v) is 1.10. The molecule has 0 fully saturated rings. The zero-order chi connectivity index (χ0) is 8.27. The van der Waals surface area contributed by atoms with Crippen molar-refractivity contribution in [1.29, 1.82) is 0 Å². The van der Waals surface area contributed by atoms with Crippen LogP contribution < -0.4 is 11.3 Å². The minimum Gasteiger partial charge on any atom is -0.358 e. The largest absolute Gasteiger partial charge is 0.358 e. The van der Waals surface area contributed by atoms with Crippen molar-refractivity contribution in [3.63, 3.8) is 0 Å². The third kappa shape index (κ3) is 1.72. The van der Waals surface area contributed by atoms with Gasteiger partial charge in [0.1, 0.15) is 5.69 Å². The van der Waals surface area contributed by atoms with Gasteiger partial charge in [-0.3, -0.25) is 11.3 Å². The number of H-pyrrole nitrogens is 1. The first-order chi connectivity index (χ1) is 5.24. The van der Waals surface area contributed by atoms with Gasteiger partial charge in [-0.25, -0.2) is 0 Å². The molecule has 60 valence electrons. The van der Waals surface area contributed by atoms with Gasteiger partial charge < -0.3 is 10.1 Å². The summed E-state index contributed by atoms with van der Waals surface area (Å²) in [7, 11) is 0. The molecular formula is C4H7N5O2. The van der Waals surface area contributed by atoms with Crippen LogP contribution in [0.3, 0.4) is 0 Å². The van der Waals surface area contributed by atoms with E-state index in [-0.39, 0.29) is 5.82 Å². The molecule has 1 aromatic heterocycles. The Morgan fingerprint density at radius 2 is 2.64 bits per heavy atom. The van der Waals surface area contributed by atoms with Crippen molar-refractivity contribution in [3.05, 3.63) is 21.9 Å². The number of aromatic nitrogens is 2. The molecule has 0 bridgehead atoms. The van der Waals surface area contributed by atoms with Gasteiger partial charge in [-0.2, -0.15) is 0 Å². The SMILES string of the molecule is NNCc1cc([N+](=O)[O-])[nH]n1. The van der Waals surface area contributed by atoms with Gasteiger partial charge in [0.2, 0.25) is 0 Å². The average molecular weight is 157 g/mol. The van der Waals surface area contributed by atoms with Crippen molar-refractivity contribution in [1.82, 2.24) is 15.6 Å². The monoisotopic (exact) mass is 157 g/mol. The smallest absolute Gasteiger partial charge is 0.342 e. The van der Waals surface area contributed by atoms with Crippen LogP contribution in [-0.2, 0) is 6.54 Å². The number of rotatable bonds is 3. The van der Waals surface area contributed by atoms with Crippen molar-refractivity contribution in [2.24, 2.45) is 5.84 Å². The first-order valence-electron chi connectivity index (χ1n) is 2.86. The molecule has 7 nitrogen and oxygen atoms in total. The number of nitrogens with one attached hydrogen (secondary N) is 2. The van der Waals surface area contributed by atoms with Crippen molar-refractivity contribution in [3.8, 4) is 0 Å². The van der Waals surface area contributed by atoms with E-state index in [1.807, 2.05) is 0 Å². The maximum absolute atomic E-state index is 10.1. The zero-order valence-electron chi connectivity index (χ0n) is 5.57. The molecule has 0 spiro atoms. The van der Waals surface area contributed by atoms with Gasteiger partial charge in [-0.1, -0.05) is 5.10 Å². The fraction of sp³-hybridized carbons (Fsp3) is 0.250. The molecule has 4 N–H and O–H groups in total. The second kappa shape index (κ2) is 3.08. The number of hydrogen-bond acceptors (Lipinski definition) is 5. The highest BCUT2D eigenvalue weighted by Gasteiger charge is 2.07. The Balaban J connectivity index is 2.73. The van der Waals surface area contributed by atoms with E-state index in [1.54, 1.807) is 0 Å². The number of nitro groups is 1. The summed E-state index contributed by atoms with van der Waals surface area (Å²) in [6.07, 6.45) is 0. The quantitative estimate of drug-likeness (QED) is 0.304. The highest BCUT2D eigenvalue weighted by atomic mass is 16.6. The van der Waals surface area contributed by atoms with E-state index in [9.17, 15) is 10.1 Å². The van der Waals surface area contributed by atoms with E-state index in [0.717, 1.165) is 0 Å². The minimum absolute atomic E-state index is 0.129. The lowest BCUT2D eigenvalue weighted by atomic mass is 10.4. The number of nitrogens with zero attached hydrogens (tertiary/aromatic N) is 2. The van der Waals surface area contributed by atoms with Gasteiger partial charge in [0.25, 0.3) is 0 Å². The van der Waals surface area contributed by atoms with E-state index in [4.69, 9.17) is 5.84 Å². The number of hydrazine groups is 1. The van der Waals surface area contributed by atoms with Crippen molar-refractivity contribution < 1.29 is 4.92 Å². The van der Waals surface area contributed by atoms with Gasteiger partial charge in [0.05, 0.1) is 12.6 Å². The summed E-state index contributed by atoms with van der Waals surface area (Å²) in [6.45, 7) is 0.310. The third-order valence-electron chi connectivity index (χ3n) is 1.10. The number of nitrogens with two attached hydrogens (primary N) is 1. The second-order valence-electron chi connectivity index (χ2n) is 1.88. The first-order valence-corrected chi connectivity index (χ1v) is 2.86. The van der Waals surface area contributed by atoms with Gasteiger partial charge in [-0.15, -0.1) is 5.10 Å². The Labute approximate surface area is 61.7 Å². The summed E-state index contributed by atoms with van der Waals surface area (Å²) >= 11 is 0. The molecule has 1 rings (SSSR count). The maximum Gasteiger partial charge on any atom is 0.342 e. The molecular weight excluding hydrogens is 150 g/mol. The molecule has 7 heteroatoms. The standard InChI is InChI=1S/C4H7N5O2/c5-6-2-3-1-4(8-7-3)9(10)11/h1,6H,2,5H2,(H,7,8). The van der Waals surface area contributed by atoms with Gasteiger partial charge in [0, 0.05) is 0 Å². The van der Waals surface area contributed by atoms with Gasteiger partial charge >= 0.3 is 5.82 Å². The van der Waals surface area contributed by atoms with Crippen LogP contribution >= 0.6 is 0 Å². The predicted molar refractivity (Wildman–Crippen MR) is 36.3 cm³/mol. The fourth-order valence-electron chi connectivity index (χ4n) is 0.640. The van der Waals surface area contributed by atoms with Crippen molar-refractivity contribution in [2.45, 2.75) is 6.54 Å². The van der Waals surface area contributed by atoms with Crippen molar-refractivity contribution in [2.75, 3.05) is 0 Å². The van der Waals surface area contributed by atoms with Crippen LogP contribution in [0.4, 0.5) is 5.82 Å². The van der Waals surface area contributed by atoms with Crippen LogP contribution in [0, 0.1) is 10.1 Å². The highest BCUT2D eigenvalue weighted by Crippen LogP contribution is 2.06. The second-order valence-corrected chi connectivity index (χ2v) is 1.88. The molecule has 1 aromatic rings. The van der Waals surface area contributed by atoms with E-state index in [1.165, 1.54) is 6.07 Å². The molecule has 0 atom stereocenters. The minimum atomic E-state index is -0.549. The summed E-state index contributed by atoms with van der Waals surface area (Å²) in [5, 5.41) is 16.0. The molecule has 0 aromatic carbocycles. The molecule has 0 saturated heterocycles. The lowest BCUT2D eigenvalue weighted by Crippen LogP contribution is -2.20. The van der Waals surface area contributed by atoms with Gasteiger partial charge in [-0.05, 0) is 4.92 Å². The molecule has 0 aliphatic heterocycles. The van der Waals surface area contributed by atoms with Crippen LogP contribution in [-0.4, -0.2) is 15.1 Å².